The van der Waals surface area contributed by atoms with Crippen molar-refractivity contribution < 1.29 is 22.9 Å². The first-order valence-electron chi connectivity index (χ1n) is 7.64. The third kappa shape index (κ3) is 4.97. The van der Waals surface area contributed by atoms with E-state index in [1.165, 1.54) is 6.20 Å². The van der Waals surface area contributed by atoms with E-state index in [0.717, 1.165) is 0 Å². The Morgan fingerprint density at radius 1 is 1.35 bits per heavy atom. The maximum absolute atomic E-state index is 12.9. The number of pyridine rings is 1. The Morgan fingerprint density at radius 2 is 1.91 bits per heavy atom. The van der Waals surface area contributed by atoms with Crippen molar-refractivity contribution in [3.8, 4) is 0 Å². The zero-order chi connectivity index (χ0) is 17.2. The predicted molar refractivity (Wildman–Crippen MR) is 83.8 cm³/mol. The Labute approximate surface area is 134 Å². The van der Waals surface area contributed by atoms with Crippen LogP contribution in [0.4, 0.5) is 14.6 Å². The number of aromatic nitrogens is 1. The van der Waals surface area contributed by atoms with Crippen molar-refractivity contribution >= 4 is 24.3 Å². The van der Waals surface area contributed by atoms with Gasteiger partial charge in [0.2, 0.25) is 5.91 Å². The van der Waals surface area contributed by atoms with Gasteiger partial charge in [0.1, 0.15) is 11.7 Å². The van der Waals surface area contributed by atoms with E-state index in [4.69, 9.17) is 9.31 Å². The van der Waals surface area contributed by atoms with Crippen LogP contribution in [0.3, 0.4) is 0 Å². The molecule has 1 aliphatic carbocycles. The van der Waals surface area contributed by atoms with Crippen molar-refractivity contribution in [3.63, 3.8) is 0 Å². The number of anilines is 1. The summed E-state index contributed by atoms with van der Waals surface area (Å²) >= 11 is 0. The van der Waals surface area contributed by atoms with Gasteiger partial charge in [-0.2, -0.15) is 0 Å². The number of carbonyl (C=O) groups excluding carboxylic acids is 1. The van der Waals surface area contributed by atoms with Crippen LogP contribution in [0.25, 0.3) is 0 Å². The van der Waals surface area contributed by atoms with Gasteiger partial charge in [-0.05, 0) is 45.3 Å². The minimum atomic E-state index is -2.90. The summed E-state index contributed by atoms with van der Waals surface area (Å²) in [5, 5.41) is 2.42. The summed E-state index contributed by atoms with van der Waals surface area (Å²) in [7, 11) is -0.615. The minimum Gasteiger partial charge on any atom is -0.405 e. The van der Waals surface area contributed by atoms with E-state index in [-0.39, 0.29) is 18.0 Å². The highest BCUT2D eigenvalue weighted by molar-refractivity contribution is 6.61. The van der Waals surface area contributed by atoms with E-state index in [0.29, 0.717) is 5.46 Å². The molecule has 1 aliphatic rings. The van der Waals surface area contributed by atoms with Crippen LogP contribution in [0.5, 0.6) is 0 Å². The SMILES string of the molecule is CC(C)OB(OC(C)C)c1ccnc(NC(=O)C2CC2(F)F)c1. The van der Waals surface area contributed by atoms with E-state index >= 15 is 0 Å². The van der Waals surface area contributed by atoms with Crippen molar-refractivity contribution in [2.45, 2.75) is 52.2 Å². The lowest BCUT2D eigenvalue weighted by Gasteiger charge is -2.20. The molecule has 8 heteroatoms. The fourth-order valence-corrected chi connectivity index (χ4v) is 2.06. The van der Waals surface area contributed by atoms with Gasteiger partial charge in [-0.1, -0.05) is 0 Å². The largest absolute Gasteiger partial charge is 0.494 e. The molecule has 0 radical (unpaired) electrons. The van der Waals surface area contributed by atoms with Gasteiger partial charge >= 0.3 is 7.12 Å². The van der Waals surface area contributed by atoms with Gasteiger partial charge < -0.3 is 14.6 Å². The second kappa shape index (κ2) is 6.92. The molecule has 1 heterocycles. The molecule has 1 amide bonds. The van der Waals surface area contributed by atoms with E-state index in [9.17, 15) is 13.6 Å². The normalized spacial score (nSPS) is 19.0. The van der Waals surface area contributed by atoms with Crippen molar-refractivity contribution in [3.05, 3.63) is 18.3 Å². The number of rotatable bonds is 7. The molecule has 0 saturated heterocycles. The average Bonchev–Trinajstić information content (AvgIpc) is 3.06. The number of carbonyl (C=O) groups is 1. The van der Waals surface area contributed by atoms with Crippen LogP contribution in [-0.2, 0) is 14.1 Å². The zero-order valence-electron chi connectivity index (χ0n) is 13.7. The van der Waals surface area contributed by atoms with E-state index < -0.39 is 31.3 Å². The topological polar surface area (TPSA) is 60.5 Å². The lowest BCUT2D eigenvalue weighted by molar-refractivity contribution is -0.119. The maximum Gasteiger partial charge on any atom is 0.494 e. The lowest BCUT2D eigenvalue weighted by Crippen LogP contribution is -2.41. The zero-order valence-corrected chi connectivity index (χ0v) is 13.7. The molecular formula is C15H21BF2N2O3. The molecule has 2 rings (SSSR count). The molecular weight excluding hydrogens is 305 g/mol. The number of nitrogens with one attached hydrogen (secondary N) is 1. The number of halogens is 2. The van der Waals surface area contributed by atoms with Crippen molar-refractivity contribution in [2.24, 2.45) is 5.92 Å². The number of nitrogens with zero attached hydrogens (tertiary/aromatic N) is 1. The maximum atomic E-state index is 12.9. The molecule has 0 spiro atoms. The van der Waals surface area contributed by atoms with Gasteiger partial charge in [-0.25, -0.2) is 13.8 Å². The predicted octanol–water partition coefficient (Wildman–Crippen LogP) is 2.22. The highest BCUT2D eigenvalue weighted by Gasteiger charge is 2.61. The summed E-state index contributed by atoms with van der Waals surface area (Å²) in [6.07, 6.45) is 0.954. The Hall–Kier alpha value is -1.54. The lowest BCUT2D eigenvalue weighted by atomic mass is 9.78. The van der Waals surface area contributed by atoms with Gasteiger partial charge in [0, 0.05) is 24.8 Å². The summed E-state index contributed by atoms with van der Waals surface area (Å²) < 4.78 is 37.3. The van der Waals surface area contributed by atoms with Crippen LogP contribution >= 0.6 is 0 Å². The Kier molecular flexibility index (Phi) is 5.36. The third-order valence-electron chi connectivity index (χ3n) is 3.24. The fourth-order valence-electron chi connectivity index (χ4n) is 2.06. The van der Waals surface area contributed by atoms with E-state index in [2.05, 4.69) is 10.3 Å². The summed E-state index contributed by atoms with van der Waals surface area (Å²) in [6, 6.07) is 3.28. The van der Waals surface area contributed by atoms with Gasteiger partial charge in [-0.15, -0.1) is 0 Å². The second-order valence-corrected chi connectivity index (χ2v) is 6.18. The molecule has 0 aliphatic heterocycles. The van der Waals surface area contributed by atoms with Gasteiger partial charge in [-0.3, -0.25) is 4.79 Å². The van der Waals surface area contributed by atoms with Crippen molar-refractivity contribution in [2.75, 3.05) is 5.32 Å². The van der Waals surface area contributed by atoms with Crippen LogP contribution in [0.2, 0.25) is 0 Å². The molecule has 126 valence electrons. The van der Waals surface area contributed by atoms with Crippen LogP contribution < -0.4 is 10.8 Å². The first-order chi connectivity index (χ1) is 10.7. The van der Waals surface area contributed by atoms with Crippen LogP contribution in [0.15, 0.2) is 18.3 Å². The highest BCUT2D eigenvalue weighted by atomic mass is 19.3. The molecule has 23 heavy (non-hydrogen) atoms. The Bertz CT molecular complexity index is 559. The summed E-state index contributed by atoms with van der Waals surface area (Å²) in [5.41, 5.74) is 0.667. The molecule has 0 bridgehead atoms. The summed E-state index contributed by atoms with van der Waals surface area (Å²) in [4.78, 5) is 15.7. The molecule has 1 N–H and O–H groups in total. The molecule has 1 saturated carbocycles. The molecule has 5 nitrogen and oxygen atoms in total. The van der Waals surface area contributed by atoms with Crippen LogP contribution in [0.1, 0.15) is 34.1 Å². The first-order valence-corrected chi connectivity index (χ1v) is 7.64. The van der Waals surface area contributed by atoms with Gasteiger partial charge in [0.25, 0.3) is 5.92 Å². The summed E-state index contributed by atoms with van der Waals surface area (Å²) in [5.74, 6) is -4.67. The van der Waals surface area contributed by atoms with Crippen molar-refractivity contribution in [1.82, 2.24) is 4.98 Å². The molecule has 0 aromatic carbocycles. The third-order valence-corrected chi connectivity index (χ3v) is 3.24. The van der Waals surface area contributed by atoms with Crippen LogP contribution in [0, 0.1) is 5.92 Å². The summed E-state index contributed by atoms with van der Waals surface area (Å²) in [6.45, 7) is 7.54. The first kappa shape index (κ1) is 17.8. The molecule has 1 unspecified atom stereocenters. The standard InChI is InChI=1S/C15H21BF2N2O3/c1-9(2)22-16(23-10(3)4)11-5-6-19-13(7-11)20-14(21)12-8-15(12,17)18/h5-7,9-10,12H,8H2,1-4H3,(H,19,20,21). The minimum absolute atomic E-state index is 0.0601. The molecule has 1 atom stereocenters. The van der Waals surface area contributed by atoms with Crippen molar-refractivity contribution in [1.29, 1.82) is 0 Å². The molecule has 1 aromatic heterocycles. The van der Waals surface area contributed by atoms with E-state index in [1.54, 1.807) is 12.1 Å². The van der Waals surface area contributed by atoms with Gasteiger partial charge in [0.15, 0.2) is 0 Å². The number of hydrogen-bond donors (Lipinski definition) is 1. The van der Waals surface area contributed by atoms with E-state index in [1.807, 2.05) is 27.7 Å². The van der Waals surface area contributed by atoms with Crippen LogP contribution in [-0.4, -0.2) is 36.1 Å². The number of amides is 1. The second-order valence-electron chi connectivity index (χ2n) is 6.18. The smallest absolute Gasteiger partial charge is 0.405 e. The Morgan fingerprint density at radius 3 is 2.39 bits per heavy atom. The molecule has 1 aromatic rings. The van der Waals surface area contributed by atoms with Gasteiger partial charge in [0.05, 0.1) is 0 Å². The Balaban J connectivity index is 2.09. The molecule has 1 fully saturated rings. The number of hydrogen-bond acceptors (Lipinski definition) is 4. The quantitative estimate of drug-likeness (QED) is 0.781. The average molecular weight is 326 g/mol. The monoisotopic (exact) mass is 326 g/mol. The fraction of sp³-hybridized carbons (Fsp3) is 0.600. The highest BCUT2D eigenvalue weighted by Crippen LogP contribution is 2.48. The number of alkyl halides is 2.